The second-order valence-corrected chi connectivity index (χ2v) is 6.65. The predicted octanol–water partition coefficient (Wildman–Crippen LogP) is 2.75. The summed E-state index contributed by atoms with van der Waals surface area (Å²) in [4.78, 5) is 22.7. The highest BCUT2D eigenvalue weighted by Crippen LogP contribution is 2.19. The Labute approximate surface area is 158 Å². The molecular formula is C20H23N5O2. The van der Waals surface area contributed by atoms with Gasteiger partial charge in [0.15, 0.2) is 0 Å². The van der Waals surface area contributed by atoms with Gasteiger partial charge < -0.3 is 9.84 Å². The minimum atomic E-state index is -0.365. The van der Waals surface area contributed by atoms with Crippen LogP contribution < -0.4 is 5.32 Å². The molecule has 3 rings (SSSR count). The molecule has 0 radical (unpaired) electrons. The third kappa shape index (κ3) is 5.21. The largest absolute Gasteiger partial charge is 0.343 e. The van der Waals surface area contributed by atoms with Crippen molar-refractivity contribution in [2.45, 2.75) is 26.4 Å². The van der Waals surface area contributed by atoms with Gasteiger partial charge in [0.05, 0.1) is 6.54 Å². The number of carbonyl (C=O) groups is 1. The fourth-order valence-electron chi connectivity index (χ4n) is 2.77. The highest BCUT2D eigenvalue weighted by molar-refractivity contribution is 5.78. The molecule has 1 N–H and O–H groups in total. The minimum absolute atomic E-state index is 0.107. The van der Waals surface area contributed by atoms with Crippen LogP contribution in [0.5, 0.6) is 0 Å². The zero-order valence-electron chi connectivity index (χ0n) is 15.7. The van der Waals surface area contributed by atoms with E-state index in [0.717, 1.165) is 16.7 Å². The van der Waals surface area contributed by atoms with Gasteiger partial charge in [0, 0.05) is 24.5 Å². The molecule has 1 aromatic carbocycles. The molecule has 0 aliphatic carbocycles. The third-order valence-electron chi connectivity index (χ3n) is 4.05. The van der Waals surface area contributed by atoms with Gasteiger partial charge in [-0.05, 0) is 38.6 Å². The van der Waals surface area contributed by atoms with Gasteiger partial charge in [-0.15, -0.1) is 0 Å². The molecule has 0 fully saturated rings. The van der Waals surface area contributed by atoms with Gasteiger partial charge in [-0.25, -0.2) is 0 Å². The number of aryl methyl sites for hydroxylation is 1. The summed E-state index contributed by atoms with van der Waals surface area (Å²) in [5.41, 5.74) is 3.07. The molecule has 0 saturated carbocycles. The van der Waals surface area contributed by atoms with Gasteiger partial charge in [-0.3, -0.25) is 14.7 Å². The first kappa shape index (κ1) is 18.7. The first-order valence-electron chi connectivity index (χ1n) is 8.78. The number of nitrogens with zero attached hydrogens (tertiary/aromatic N) is 4. The van der Waals surface area contributed by atoms with Crippen LogP contribution in [0.25, 0.3) is 11.4 Å². The maximum atomic E-state index is 12.3. The summed E-state index contributed by atoms with van der Waals surface area (Å²) in [6.07, 6.45) is 3.52. The van der Waals surface area contributed by atoms with E-state index in [2.05, 4.69) is 20.4 Å². The summed E-state index contributed by atoms with van der Waals surface area (Å²) < 4.78 is 5.32. The Kier molecular flexibility index (Phi) is 5.93. The number of amides is 1. The van der Waals surface area contributed by atoms with Crippen molar-refractivity contribution >= 4 is 5.91 Å². The molecule has 1 atom stereocenters. The first-order valence-corrected chi connectivity index (χ1v) is 8.78. The van der Waals surface area contributed by atoms with E-state index in [1.165, 1.54) is 0 Å². The van der Waals surface area contributed by atoms with Crippen LogP contribution in [0.1, 0.15) is 30.0 Å². The standard InChI is InChI=1S/C20H23N5O2/c1-14-6-4-8-17(10-14)19-23-20(27-24-19)15(2)22-18(26)13-25(3)12-16-7-5-9-21-11-16/h4-11,15H,12-13H2,1-3H3,(H,22,26)/t15-/m1/s1. The van der Waals surface area contributed by atoms with Crippen LogP contribution in [-0.4, -0.2) is 39.5 Å². The van der Waals surface area contributed by atoms with Crippen LogP contribution in [0.15, 0.2) is 53.3 Å². The number of nitrogens with one attached hydrogen (secondary N) is 1. The van der Waals surface area contributed by atoms with Crippen LogP contribution in [0.4, 0.5) is 0 Å². The summed E-state index contributed by atoms with van der Waals surface area (Å²) in [6.45, 7) is 4.74. The molecule has 7 nitrogen and oxygen atoms in total. The average molecular weight is 365 g/mol. The maximum absolute atomic E-state index is 12.3. The highest BCUT2D eigenvalue weighted by atomic mass is 16.5. The Morgan fingerprint density at radius 3 is 2.89 bits per heavy atom. The molecule has 2 aromatic heterocycles. The lowest BCUT2D eigenvalue weighted by atomic mass is 10.1. The van der Waals surface area contributed by atoms with E-state index in [-0.39, 0.29) is 18.5 Å². The molecule has 3 aromatic rings. The quantitative estimate of drug-likeness (QED) is 0.693. The monoisotopic (exact) mass is 365 g/mol. The van der Waals surface area contributed by atoms with Crippen molar-refractivity contribution in [3.8, 4) is 11.4 Å². The van der Waals surface area contributed by atoms with Gasteiger partial charge in [0.25, 0.3) is 0 Å². The van der Waals surface area contributed by atoms with Crippen LogP contribution in [0.3, 0.4) is 0 Å². The summed E-state index contributed by atoms with van der Waals surface area (Å²) in [5, 5.41) is 6.91. The molecule has 0 aliphatic rings. The van der Waals surface area contributed by atoms with E-state index in [1.54, 1.807) is 12.4 Å². The van der Waals surface area contributed by atoms with E-state index < -0.39 is 0 Å². The zero-order valence-corrected chi connectivity index (χ0v) is 15.7. The van der Waals surface area contributed by atoms with E-state index >= 15 is 0 Å². The molecule has 1 amide bonds. The zero-order chi connectivity index (χ0) is 19.2. The van der Waals surface area contributed by atoms with E-state index in [4.69, 9.17) is 4.52 Å². The number of pyridine rings is 1. The Bertz CT molecular complexity index is 894. The lowest BCUT2D eigenvalue weighted by molar-refractivity contribution is -0.122. The van der Waals surface area contributed by atoms with Gasteiger partial charge in [0.1, 0.15) is 6.04 Å². The van der Waals surface area contributed by atoms with E-state index in [9.17, 15) is 4.79 Å². The highest BCUT2D eigenvalue weighted by Gasteiger charge is 2.18. The lowest BCUT2D eigenvalue weighted by Gasteiger charge is -2.17. The van der Waals surface area contributed by atoms with E-state index in [0.29, 0.717) is 18.3 Å². The molecule has 2 heterocycles. The second kappa shape index (κ2) is 8.55. The topological polar surface area (TPSA) is 84.2 Å². The van der Waals surface area contributed by atoms with Crippen LogP contribution in [-0.2, 0) is 11.3 Å². The van der Waals surface area contributed by atoms with Gasteiger partial charge in [-0.2, -0.15) is 4.98 Å². The van der Waals surface area contributed by atoms with Crippen molar-refractivity contribution in [2.75, 3.05) is 13.6 Å². The van der Waals surface area contributed by atoms with Crippen LogP contribution in [0.2, 0.25) is 0 Å². The van der Waals surface area contributed by atoms with Gasteiger partial charge in [-0.1, -0.05) is 35.0 Å². The van der Waals surface area contributed by atoms with Crippen molar-refractivity contribution < 1.29 is 9.32 Å². The number of rotatable bonds is 7. The number of likely N-dealkylation sites (N-methyl/N-ethyl adjacent to an activating group) is 1. The summed E-state index contributed by atoms with van der Waals surface area (Å²) in [5.74, 6) is 0.794. The molecular weight excluding hydrogens is 342 g/mol. The van der Waals surface area contributed by atoms with Crippen molar-refractivity contribution in [3.05, 3.63) is 65.8 Å². The number of hydrogen-bond acceptors (Lipinski definition) is 6. The smallest absolute Gasteiger partial charge is 0.249 e. The average Bonchev–Trinajstić information content (AvgIpc) is 3.12. The van der Waals surface area contributed by atoms with Gasteiger partial charge >= 0.3 is 0 Å². The normalized spacial score (nSPS) is 12.1. The fourth-order valence-corrected chi connectivity index (χ4v) is 2.77. The molecule has 0 spiro atoms. The Morgan fingerprint density at radius 1 is 1.30 bits per heavy atom. The van der Waals surface area contributed by atoms with E-state index in [1.807, 2.05) is 62.2 Å². The van der Waals surface area contributed by atoms with Gasteiger partial charge in [0.2, 0.25) is 17.6 Å². The Hall–Kier alpha value is -3.06. The van der Waals surface area contributed by atoms with Crippen molar-refractivity contribution in [3.63, 3.8) is 0 Å². The molecule has 7 heteroatoms. The maximum Gasteiger partial charge on any atom is 0.249 e. The molecule has 0 aliphatic heterocycles. The second-order valence-electron chi connectivity index (χ2n) is 6.65. The summed E-state index contributed by atoms with van der Waals surface area (Å²) >= 11 is 0. The summed E-state index contributed by atoms with van der Waals surface area (Å²) in [6, 6.07) is 11.4. The number of carbonyl (C=O) groups excluding carboxylic acids is 1. The molecule has 0 bridgehead atoms. The fraction of sp³-hybridized carbons (Fsp3) is 0.300. The predicted molar refractivity (Wildman–Crippen MR) is 102 cm³/mol. The third-order valence-corrected chi connectivity index (χ3v) is 4.05. The number of hydrogen-bond donors (Lipinski definition) is 1. The Balaban J connectivity index is 1.55. The molecule has 140 valence electrons. The molecule has 0 saturated heterocycles. The van der Waals surface area contributed by atoms with Crippen molar-refractivity contribution in [2.24, 2.45) is 0 Å². The van der Waals surface area contributed by atoms with Crippen molar-refractivity contribution in [1.82, 2.24) is 25.3 Å². The number of benzene rings is 1. The molecule has 27 heavy (non-hydrogen) atoms. The number of aromatic nitrogens is 3. The van der Waals surface area contributed by atoms with Crippen LogP contribution >= 0.6 is 0 Å². The lowest BCUT2D eigenvalue weighted by Crippen LogP contribution is -2.36. The SMILES string of the molecule is Cc1cccc(-c2noc([C@@H](C)NC(=O)CN(C)Cc3cccnc3)n2)c1. The minimum Gasteiger partial charge on any atom is -0.343 e. The van der Waals surface area contributed by atoms with Crippen LogP contribution in [0, 0.1) is 6.92 Å². The first-order chi connectivity index (χ1) is 13.0. The van der Waals surface area contributed by atoms with Crippen molar-refractivity contribution in [1.29, 1.82) is 0 Å². The summed E-state index contributed by atoms with van der Waals surface area (Å²) in [7, 11) is 1.89. The Morgan fingerprint density at radius 2 is 2.15 bits per heavy atom. The molecule has 0 unspecified atom stereocenters.